The van der Waals surface area contributed by atoms with Gasteiger partial charge in [-0.1, -0.05) is 0 Å². The fourth-order valence-corrected chi connectivity index (χ4v) is 0. The fraction of sp³-hybridized carbons (Fsp3) is 0. The Morgan fingerprint density at radius 3 is 1.00 bits per heavy atom. The van der Waals surface area contributed by atoms with Gasteiger partial charge < -0.3 is 0 Å². The quantitative estimate of drug-likeness (QED) is 0.456. The molecule has 0 aliphatic carbocycles. The Kier molecular flexibility index (Phi) is 98.5. The van der Waals surface area contributed by atoms with Crippen LogP contribution in [0.15, 0.2) is 0 Å². The second kappa shape index (κ2) is 15.8. The van der Waals surface area contributed by atoms with Gasteiger partial charge in [0.05, 0.1) is 0 Å². The number of rotatable bonds is 0. The molecule has 0 amide bonds. The Balaban J connectivity index is 0. The molecule has 0 saturated heterocycles. The molecule has 4 heteroatoms. The summed E-state index contributed by atoms with van der Waals surface area (Å²) in [6.07, 6.45) is 0. The molecule has 0 fully saturated rings. The van der Waals surface area contributed by atoms with Gasteiger partial charge >= 0.3 is 0 Å². The van der Waals surface area contributed by atoms with Crippen LogP contribution in [-0.4, -0.2) is 0 Å². The molecule has 0 N–H and O–H groups in total. The molecule has 0 saturated carbocycles. The normalized spacial score (nSPS) is 0. The van der Waals surface area contributed by atoms with Crippen LogP contribution in [0, 0.1) is 77.3 Å². The molecule has 0 spiro atoms. The summed E-state index contributed by atoms with van der Waals surface area (Å²) in [5, 5.41) is 0. The maximum atomic E-state index is 0. The molecule has 0 nitrogen and oxygen atoms in total. The largest absolute Gasteiger partial charge is 0 e. The second-order valence-corrected chi connectivity index (χ2v) is 0. The van der Waals surface area contributed by atoms with Gasteiger partial charge in [-0.05, 0) is 0 Å². The average molecular weight is 450 g/mol. The van der Waals surface area contributed by atoms with Crippen molar-refractivity contribution in [3.63, 3.8) is 0 Å². The third kappa shape index (κ3) is 9.27. The van der Waals surface area contributed by atoms with E-state index in [0.717, 1.165) is 0 Å². The summed E-state index contributed by atoms with van der Waals surface area (Å²) >= 11 is 0. The van der Waals surface area contributed by atoms with Gasteiger partial charge in [0, 0.05) is 117 Å². The van der Waals surface area contributed by atoms with Crippen molar-refractivity contribution in [3.8, 4) is 0 Å². The summed E-state index contributed by atoms with van der Waals surface area (Å²) < 4.78 is 0. The summed E-state index contributed by atoms with van der Waals surface area (Å²) in [6.45, 7) is 0. The smallest absolute Gasteiger partial charge is 0 e. The van der Waals surface area contributed by atoms with E-state index in [4.69, 9.17) is 0 Å². The van der Waals surface area contributed by atoms with Crippen molar-refractivity contribution in [2.75, 3.05) is 0 Å². The standard InChI is InChI=1S/Ag.Ce.Cu.La. The van der Waals surface area contributed by atoms with Crippen molar-refractivity contribution in [1.82, 2.24) is 0 Å². The molecular formula is AgCeCuLa. The summed E-state index contributed by atoms with van der Waals surface area (Å²) in [6, 6.07) is 0. The van der Waals surface area contributed by atoms with Crippen LogP contribution < -0.4 is 0 Å². The van der Waals surface area contributed by atoms with Crippen LogP contribution in [0.5, 0.6) is 0 Å². The minimum Gasteiger partial charge on any atom is 0 e. The number of hydrogen-bond acceptors (Lipinski definition) is 0. The van der Waals surface area contributed by atoms with Crippen molar-refractivity contribution < 1.29 is 117 Å². The monoisotopic (exact) mass is 449 g/mol. The summed E-state index contributed by atoms with van der Waals surface area (Å²) in [5.41, 5.74) is 0. The Labute approximate surface area is 114 Å². The van der Waals surface area contributed by atoms with Gasteiger partial charge in [0.25, 0.3) is 0 Å². The van der Waals surface area contributed by atoms with Crippen LogP contribution in [0.3, 0.4) is 0 Å². The fourth-order valence-electron chi connectivity index (χ4n) is 0. The molecule has 0 unspecified atom stereocenters. The third-order valence-corrected chi connectivity index (χ3v) is 0. The molecule has 0 aliphatic rings. The SMILES string of the molecule is [Ag].[Ce].[Cu].[La]. The molecule has 0 heterocycles. The van der Waals surface area contributed by atoms with Gasteiger partial charge in [0.15, 0.2) is 0 Å². The maximum absolute atomic E-state index is 0. The molecule has 4 heavy (non-hydrogen) atoms. The third-order valence-electron chi connectivity index (χ3n) is 0. The van der Waals surface area contributed by atoms with E-state index < -0.39 is 0 Å². The summed E-state index contributed by atoms with van der Waals surface area (Å²) in [5.74, 6) is 0. The molecule has 3 radical (unpaired) electrons. The van der Waals surface area contributed by atoms with E-state index in [-0.39, 0.29) is 117 Å². The van der Waals surface area contributed by atoms with Gasteiger partial charge in [-0.3, -0.25) is 0 Å². The molecule has 0 aromatic heterocycles. The van der Waals surface area contributed by atoms with E-state index in [1.165, 1.54) is 0 Å². The topological polar surface area (TPSA) is 0 Å². The van der Waals surface area contributed by atoms with Crippen LogP contribution in [0.1, 0.15) is 0 Å². The predicted molar refractivity (Wildman–Crippen MR) is 0 cm³/mol. The average Bonchev–Trinajstić information content (AvgIpc) is 0. The predicted octanol–water partition coefficient (Wildman–Crippen LogP) is -0.00500. The number of hydrogen-bond donors (Lipinski definition) is 0. The molecule has 29 valence electrons. The molecule has 0 atom stereocenters. The van der Waals surface area contributed by atoms with E-state index in [9.17, 15) is 0 Å². The van der Waals surface area contributed by atoms with Crippen LogP contribution >= 0.6 is 0 Å². The van der Waals surface area contributed by atoms with Gasteiger partial charge in [-0.15, -0.1) is 0 Å². The van der Waals surface area contributed by atoms with E-state index in [0.29, 0.717) is 0 Å². The first-order valence-electron chi connectivity index (χ1n) is 0. The van der Waals surface area contributed by atoms with E-state index >= 15 is 0 Å². The van der Waals surface area contributed by atoms with Gasteiger partial charge in [0.2, 0.25) is 0 Å². The van der Waals surface area contributed by atoms with Crippen molar-refractivity contribution in [2.45, 2.75) is 0 Å². The first kappa shape index (κ1) is 24.9. The first-order chi connectivity index (χ1) is 0. The van der Waals surface area contributed by atoms with Crippen molar-refractivity contribution in [1.29, 1.82) is 0 Å². The maximum Gasteiger partial charge on any atom is 0 e. The van der Waals surface area contributed by atoms with Crippen molar-refractivity contribution in [2.24, 2.45) is 0 Å². The van der Waals surface area contributed by atoms with Crippen LogP contribution in [0.4, 0.5) is 0 Å². The van der Waals surface area contributed by atoms with Crippen LogP contribution in [-0.2, 0) is 39.4 Å². The van der Waals surface area contributed by atoms with Crippen molar-refractivity contribution in [3.05, 3.63) is 0 Å². The Hall–Kier alpha value is 3.83. The second-order valence-electron chi connectivity index (χ2n) is 0. The minimum absolute atomic E-state index is 0. The first-order valence-corrected chi connectivity index (χ1v) is 0. The van der Waals surface area contributed by atoms with Crippen LogP contribution in [0.2, 0.25) is 0 Å². The zero-order valence-electron chi connectivity index (χ0n) is 1.68. The zero-order valence-corrected chi connectivity index (χ0v) is 10.9. The Bertz CT molecular complexity index is 8.00. The molecule has 0 aromatic carbocycles. The van der Waals surface area contributed by atoms with Crippen LogP contribution in [0.25, 0.3) is 0 Å². The zero-order chi connectivity index (χ0) is 0. The van der Waals surface area contributed by atoms with Gasteiger partial charge in [0.1, 0.15) is 0 Å². The Morgan fingerprint density at radius 1 is 1.00 bits per heavy atom. The molecular weight excluding hydrogens is 450 g/mol. The van der Waals surface area contributed by atoms with E-state index in [1.54, 1.807) is 0 Å². The van der Waals surface area contributed by atoms with Gasteiger partial charge in [-0.25, -0.2) is 0 Å². The summed E-state index contributed by atoms with van der Waals surface area (Å²) in [7, 11) is 0. The molecule has 0 aliphatic heterocycles. The van der Waals surface area contributed by atoms with Crippen molar-refractivity contribution >= 4 is 0 Å². The van der Waals surface area contributed by atoms with E-state index in [2.05, 4.69) is 0 Å². The summed E-state index contributed by atoms with van der Waals surface area (Å²) in [4.78, 5) is 0. The van der Waals surface area contributed by atoms with E-state index in [1.807, 2.05) is 0 Å². The minimum atomic E-state index is 0. The Morgan fingerprint density at radius 2 is 1.00 bits per heavy atom. The molecule has 0 bridgehead atoms. The van der Waals surface area contributed by atoms with Gasteiger partial charge in [-0.2, -0.15) is 0 Å². The molecule has 0 aromatic rings. The molecule has 0 rings (SSSR count).